The molecule has 5 atom stereocenters. The third-order valence-electron chi connectivity index (χ3n) is 8.92. The summed E-state index contributed by atoms with van der Waals surface area (Å²) in [5.41, 5.74) is 2.12. The molecule has 0 aliphatic carbocycles. The number of hydrogen-bond donors (Lipinski definition) is 5. The zero-order valence-corrected chi connectivity index (χ0v) is 27.5. The number of fused-ring (bicyclic) bond motifs is 1. The maximum absolute atomic E-state index is 14.4. The molecule has 0 radical (unpaired) electrons. The predicted octanol–water partition coefficient (Wildman–Crippen LogP) is 2.31. The Balaban J connectivity index is 1.46. The molecule has 2 heterocycles. The van der Waals surface area contributed by atoms with Crippen molar-refractivity contribution in [2.24, 2.45) is 5.92 Å². The first-order valence-electron chi connectivity index (χ1n) is 16.1. The average Bonchev–Trinajstić information content (AvgIpc) is 3.44. The van der Waals surface area contributed by atoms with Crippen LogP contribution in [0.15, 0.2) is 54.6 Å². The van der Waals surface area contributed by atoms with Gasteiger partial charge in [0.2, 0.25) is 17.7 Å². The smallest absolute Gasteiger partial charge is 0.246 e. The van der Waals surface area contributed by atoms with E-state index in [4.69, 9.17) is 17.0 Å². The molecule has 3 amide bonds. The quantitative estimate of drug-likeness (QED) is 0.200. The molecule has 2 fully saturated rings. The van der Waals surface area contributed by atoms with Crippen LogP contribution in [0.3, 0.4) is 0 Å². The molecule has 0 aromatic heterocycles. The Kier molecular flexibility index (Phi) is 13.0. The molecule has 0 bridgehead atoms. The summed E-state index contributed by atoms with van der Waals surface area (Å²) in [6.07, 6.45) is 4.77. The second-order valence-electron chi connectivity index (χ2n) is 11.8. The number of carbonyl (C=O) groups is 3. The number of likely N-dealkylation sites (N-methyl/N-ethyl adjacent to an activating group) is 1. The standard InChI is InChI=1S/C34H48N6O4S/c1-4-36-34(45)38-21-19-25-12-13-26-14-17-29(32(42)37-20-18-23-10-15-27(44-3)16-11-23)40(26)33(43)30(25)39-31(41)28(35-2)22-24-8-6-5-7-9-24/h5-11,15-16,25-26,28-30,35H,4,12-14,17-22H2,1-3H3,(H,37,42)(H,39,41)(H2,36,38,45)/t25-,26+,28-,29+,30+/m1/s1. The number of ether oxygens (including phenoxy) is 1. The molecule has 244 valence electrons. The van der Waals surface area contributed by atoms with Crippen LogP contribution in [-0.2, 0) is 27.2 Å². The summed E-state index contributed by atoms with van der Waals surface area (Å²) in [4.78, 5) is 43.3. The molecule has 45 heavy (non-hydrogen) atoms. The fraction of sp³-hybridized carbons (Fsp3) is 0.529. The van der Waals surface area contributed by atoms with Gasteiger partial charge in [-0.3, -0.25) is 14.4 Å². The highest BCUT2D eigenvalue weighted by atomic mass is 32.1. The van der Waals surface area contributed by atoms with E-state index in [1.54, 1.807) is 19.1 Å². The van der Waals surface area contributed by atoms with Crippen LogP contribution in [0.5, 0.6) is 5.75 Å². The number of amides is 3. The van der Waals surface area contributed by atoms with Gasteiger partial charge in [-0.05, 0) is 100 Å². The van der Waals surface area contributed by atoms with Gasteiger partial charge >= 0.3 is 0 Å². The Morgan fingerprint density at radius 1 is 0.956 bits per heavy atom. The van der Waals surface area contributed by atoms with Crippen molar-refractivity contribution < 1.29 is 19.1 Å². The van der Waals surface area contributed by atoms with Crippen LogP contribution in [0.2, 0.25) is 0 Å². The Hall–Kier alpha value is -3.70. The summed E-state index contributed by atoms with van der Waals surface area (Å²) < 4.78 is 5.23. The van der Waals surface area contributed by atoms with Crippen LogP contribution in [0, 0.1) is 5.92 Å². The molecule has 2 saturated heterocycles. The molecule has 0 unspecified atom stereocenters. The van der Waals surface area contributed by atoms with Crippen LogP contribution < -0.4 is 31.3 Å². The van der Waals surface area contributed by atoms with E-state index in [2.05, 4.69) is 26.6 Å². The van der Waals surface area contributed by atoms with Crippen molar-refractivity contribution >= 4 is 35.1 Å². The Labute approximate surface area is 272 Å². The second-order valence-corrected chi connectivity index (χ2v) is 12.2. The van der Waals surface area contributed by atoms with Crippen molar-refractivity contribution in [3.63, 3.8) is 0 Å². The van der Waals surface area contributed by atoms with E-state index in [0.29, 0.717) is 43.9 Å². The number of hydrogen-bond acceptors (Lipinski definition) is 6. The van der Waals surface area contributed by atoms with Gasteiger partial charge < -0.3 is 36.2 Å². The third kappa shape index (κ3) is 9.40. The normalized spacial score (nSPS) is 21.7. The lowest BCUT2D eigenvalue weighted by Crippen LogP contribution is -2.58. The lowest BCUT2D eigenvalue weighted by molar-refractivity contribution is -0.143. The molecule has 2 aromatic rings. The third-order valence-corrected chi connectivity index (χ3v) is 9.21. The lowest BCUT2D eigenvalue weighted by Gasteiger charge is -2.33. The van der Waals surface area contributed by atoms with Gasteiger partial charge in [0.15, 0.2) is 5.11 Å². The van der Waals surface area contributed by atoms with Crippen molar-refractivity contribution in [1.82, 2.24) is 31.5 Å². The van der Waals surface area contributed by atoms with Crippen molar-refractivity contribution in [3.8, 4) is 5.75 Å². The summed E-state index contributed by atoms with van der Waals surface area (Å²) in [5, 5.41) is 16.2. The molecule has 2 aliphatic rings. The molecule has 11 heteroatoms. The summed E-state index contributed by atoms with van der Waals surface area (Å²) in [5.74, 6) is 0.151. The molecule has 0 saturated carbocycles. The van der Waals surface area contributed by atoms with Gasteiger partial charge in [-0.1, -0.05) is 42.5 Å². The monoisotopic (exact) mass is 636 g/mol. The van der Waals surface area contributed by atoms with Crippen molar-refractivity contribution in [3.05, 3.63) is 65.7 Å². The summed E-state index contributed by atoms with van der Waals surface area (Å²) in [6.45, 7) is 3.75. The molecule has 10 nitrogen and oxygen atoms in total. The van der Waals surface area contributed by atoms with Crippen LogP contribution in [0.4, 0.5) is 0 Å². The number of rotatable bonds is 14. The summed E-state index contributed by atoms with van der Waals surface area (Å²) in [6, 6.07) is 15.8. The van der Waals surface area contributed by atoms with E-state index in [1.807, 2.05) is 61.5 Å². The zero-order chi connectivity index (χ0) is 32.2. The molecule has 0 spiro atoms. The molecular weight excluding hydrogens is 588 g/mol. The van der Waals surface area contributed by atoms with Gasteiger partial charge in [0.05, 0.1) is 13.2 Å². The van der Waals surface area contributed by atoms with E-state index in [-0.39, 0.29) is 29.7 Å². The molecular formula is C34H48N6O4S. The van der Waals surface area contributed by atoms with E-state index in [9.17, 15) is 14.4 Å². The molecule has 4 rings (SSSR count). The molecule has 2 aromatic carbocycles. The van der Waals surface area contributed by atoms with Gasteiger partial charge in [-0.2, -0.15) is 0 Å². The van der Waals surface area contributed by atoms with Gasteiger partial charge in [0.25, 0.3) is 0 Å². The number of nitrogens with zero attached hydrogens (tertiary/aromatic N) is 1. The first kappa shape index (κ1) is 34.2. The van der Waals surface area contributed by atoms with E-state index >= 15 is 0 Å². The number of benzene rings is 2. The van der Waals surface area contributed by atoms with Crippen LogP contribution >= 0.6 is 12.2 Å². The van der Waals surface area contributed by atoms with Crippen molar-refractivity contribution in [2.75, 3.05) is 33.8 Å². The Morgan fingerprint density at radius 3 is 2.38 bits per heavy atom. The summed E-state index contributed by atoms with van der Waals surface area (Å²) >= 11 is 5.34. The van der Waals surface area contributed by atoms with E-state index < -0.39 is 18.1 Å². The average molecular weight is 637 g/mol. The topological polar surface area (TPSA) is 124 Å². The lowest BCUT2D eigenvalue weighted by atomic mass is 9.90. The molecule has 5 N–H and O–H groups in total. The fourth-order valence-electron chi connectivity index (χ4n) is 6.45. The minimum Gasteiger partial charge on any atom is -0.497 e. The minimum atomic E-state index is -0.740. The largest absolute Gasteiger partial charge is 0.497 e. The fourth-order valence-corrected chi connectivity index (χ4v) is 6.69. The zero-order valence-electron chi connectivity index (χ0n) is 26.6. The maximum atomic E-state index is 14.4. The number of thiocarbonyl (C=S) groups is 1. The number of methoxy groups -OCH3 is 1. The van der Waals surface area contributed by atoms with Gasteiger partial charge in [0, 0.05) is 25.7 Å². The maximum Gasteiger partial charge on any atom is 0.246 e. The van der Waals surface area contributed by atoms with E-state index in [0.717, 1.165) is 42.7 Å². The van der Waals surface area contributed by atoms with Gasteiger partial charge in [-0.25, -0.2) is 0 Å². The molecule has 2 aliphatic heterocycles. The highest BCUT2D eigenvalue weighted by Crippen LogP contribution is 2.35. The van der Waals surface area contributed by atoms with Gasteiger partial charge in [-0.15, -0.1) is 0 Å². The number of nitrogens with one attached hydrogen (secondary N) is 5. The second kappa shape index (κ2) is 17.1. The minimum absolute atomic E-state index is 0.0283. The van der Waals surface area contributed by atoms with E-state index in [1.165, 1.54) is 0 Å². The predicted molar refractivity (Wildman–Crippen MR) is 180 cm³/mol. The first-order chi connectivity index (χ1) is 21.8. The SMILES string of the molecule is CCNC(=S)NCC[C@H]1CC[C@H]2CC[C@@H](C(=O)NCCc3ccc(OC)cc3)N2C(=O)[C@H]1NC(=O)[C@@H](Cc1ccccc1)NC. The van der Waals surface area contributed by atoms with Crippen molar-refractivity contribution in [1.29, 1.82) is 0 Å². The highest BCUT2D eigenvalue weighted by molar-refractivity contribution is 7.80. The number of carbonyl (C=O) groups excluding carboxylic acids is 3. The van der Waals surface area contributed by atoms with Crippen LogP contribution in [-0.4, -0.2) is 85.7 Å². The van der Waals surface area contributed by atoms with Gasteiger partial charge in [0.1, 0.15) is 17.8 Å². The van der Waals surface area contributed by atoms with Crippen LogP contribution in [0.1, 0.15) is 50.2 Å². The Bertz CT molecular complexity index is 1280. The first-order valence-corrected chi connectivity index (χ1v) is 16.5. The van der Waals surface area contributed by atoms with Crippen LogP contribution in [0.25, 0.3) is 0 Å². The van der Waals surface area contributed by atoms with Crippen molar-refractivity contribution in [2.45, 2.75) is 76.0 Å². The highest BCUT2D eigenvalue weighted by Gasteiger charge is 2.47. The summed E-state index contributed by atoms with van der Waals surface area (Å²) in [7, 11) is 3.39. The Morgan fingerprint density at radius 2 is 1.69 bits per heavy atom.